The predicted molar refractivity (Wildman–Crippen MR) is 53.6 cm³/mol. The molecule has 1 aromatic rings. The highest BCUT2D eigenvalue weighted by Gasteiger charge is 2.19. The summed E-state index contributed by atoms with van der Waals surface area (Å²) < 4.78 is 5.31. The average Bonchev–Trinajstić information content (AvgIpc) is 2.67. The van der Waals surface area contributed by atoms with E-state index in [4.69, 9.17) is 10.5 Å². The molecule has 0 saturated heterocycles. The molecule has 1 rings (SSSR count). The summed E-state index contributed by atoms with van der Waals surface area (Å²) in [6.45, 7) is 4.09. The molecule has 0 aliphatic heterocycles. The van der Waals surface area contributed by atoms with Crippen molar-refractivity contribution in [3.05, 3.63) is 11.9 Å². The van der Waals surface area contributed by atoms with Crippen LogP contribution in [0.2, 0.25) is 0 Å². The zero-order chi connectivity index (χ0) is 10.6. The van der Waals surface area contributed by atoms with Crippen LogP contribution in [0.5, 0.6) is 0 Å². The first-order valence-corrected chi connectivity index (χ1v) is 4.71. The Balaban J connectivity index is 2.39. The van der Waals surface area contributed by atoms with Crippen LogP contribution in [-0.2, 0) is 4.74 Å². The van der Waals surface area contributed by atoms with E-state index in [-0.39, 0.29) is 11.6 Å². The summed E-state index contributed by atoms with van der Waals surface area (Å²) in [6.07, 6.45) is 3.40. The molecule has 1 unspecified atom stereocenters. The van der Waals surface area contributed by atoms with Crippen LogP contribution >= 0.6 is 0 Å². The molecule has 0 spiro atoms. The summed E-state index contributed by atoms with van der Waals surface area (Å²) in [5.74, 6) is 0. The number of rotatable bonds is 5. The Kier molecular flexibility index (Phi) is 3.60. The highest BCUT2D eigenvalue weighted by molar-refractivity contribution is 4.98. The van der Waals surface area contributed by atoms with Crippen molar-refractivity contribution in [2.45, 2.75) is 38.3 Å². The molecule has 0 aromatic carbocycles. The van der Waals surface area contributed by atoms with Gasteiger partial charge in [0.15, 0.2) is 0 Å². The van der Waals surface area contributed by atoms with E-state index >= 15 is 0 Å². The van der Waals surface area contributed by atoms with Crippen LogP contribution in [0.3, 0.4) is 0 Å². The molecule has 0 radical (unpaired) electrons. The summed E-state index contributed by atoms with van der Waals surface area (Å²) >= 11 is 0. The molecular formula is C9H18N4O. The van der Waals surface area contributed by atoms with Gasteiger partial charge in [-0.05, 0) is 26.7 Å². The number of ether oxygens (including phenoxy) is 1. The lowest BCUT2D eigenvalue weighted by Gasteiger charge is -2.23. The minimum absolute atomic E-state index is 0.0665. The first-order valence-electron chi connectivity index (χ1n) is 4.71. The Morgan fingerprint density at radius 3 is 2.86 bits per heavy atom. The molecule has 1 atom stereocenters. The van der Waals surface area contributed by atoms with Crippen molar-refractivity contribution < 1.29 is 4.74 Å². The third-order valence-corrected chi connectivity index (χ3v) is 2.42. The van der Waals surface area contributed by atoms with Crippen LogP contribution in [0, 0.1) is 0 Å². The van der Waals surface area contributed by atoms with Crippen LogP contribution in [0.1, 0.15) is 38.4 Å². The fraction of sp³-hybridized carbons (Fsp3) is 0.778. The van der Waals surface area contributed by atoms with Crippen molar-refractivity contribution >= 4 is 0 Å². The molecule has 5 nitrogen and oxygen atoms in total. The monoisotopic (exact) mass is 198 g/mol. The molecule has 14 heavy (non-hydrogen) atoms. The van der Waals surface area contributed by atoms with E-state index < -0.39 is 0 Å². The van der Waals surface area contributed by atoms with Crippen molar-refractivity contribution in [2.75, 3.05) is 7.11 Å². The number of hydrogen-bond donors (Lipinski definition) is 2. The second kappa shape index (κ2) is 4.52. The van der Waals surface area contributed by atoms with Gasteiger partial charge in [0.2, 0.25) is 0 Å². The van der Waals surface area contributed by atoms with E-state index in [2.05, 4.69) is 15.4 Å². The molecule has 1 heterocycles. The van der Waals surface area contributed by atoms with E-state index in [1.165, 1.54) is 0 Å². The number of hydrogen-bond acceptors (Lipinski definition) is 4. The fourth-order valence-electron chi connectivity index (χ4n) is 1.14. The highest BCUT2D eigenvalue weighted by atomic mass is 16.5. The molecule has 0 fully saturated rings. The van der Waals surface area contributed by atoms with Crippen LogP contribution in [-0.4, -0.2) is 28.1 Å². The maximum Gasteiger partial charge on any atom is 0.0991 e. The SMILES string of the molecule is COC(C)(C)CCC(N)c1cn[nH]n1. The molecule has 80 valence electrons. The van der Waals surface area contributed by atoms with E-state index in [9.17, 15) is 0 Å². The van der Waals surface area contributed by atoms with Crippen molar-refractivity contribution in [1.82, 2.24) is 15.4 Å². The van der Waals surface area contributed by atoms with Crippen LogP contribution in [0.4, 0.5) is 0 Å². The van der Waals surface area contributed by atoms with E-state index in [1.54, 1.807) is 13.3 Å². The molecule has 1 aromatic heterocycles. The van der Waals surface area contributed by atoms with Gasteiger partial charge < -0.3 is 10.5 Å². The van der Waals surface area contributed by atoms with Crippen molar-refractivity contribution in [2.24, 2.45) is 5.73 Å². The quantitative estimate of drug-likeness (QED) is 0.740. The number of nitrogens with two attached hydrogens (primary N) is 1. The standard InChI is InChI=1S/C9H18N4O/c1-9(2,14-3)5-4-7(10)8-6-11-13-12-8/h6-7H,4-5,10H2,1-3H3,(H,11,12,13). The summed E-state index contributed by atoms with van der Waals surface area (Å²) in [7, 11) is 1.71. The lowest BCUT2D eigenvalue weighted by Crippen LogP contribution is -2.24. The predicted octanol–water partition coefficient (Wildman–Crippen LogP) is 1.01. The number of nitrogens with one attached hydrogen (secondary N) is 1. The molecule has 5 heteroatoms. The normalized spacial score (nSPS) is 14.3. The van der Waals surface area contributed by atoms with Gasteiger partial charge in [-0.1, -0.05) is 0 Å². The van der Waals surface area contributed by atoms with Gasteiger partial charge in [0, 0.05) is 7.11 Å². The lowest BCUT2D eigenvalue weighted by atomic mass is 9.98. The molecule has 3 N–H and O–H groups in total. The minimum Gasteiger partial charge on any atom is -0.379 e. The van der Waals surface area contributed by atoms with Crippen molar-refractivity contribution in [1.29, 1.82) is 0 Å². The molecule has 0 saturated carbocycles. The topological polar surface area (TPSA) is 76.8 Å². The van der Waals surface area contributed by atoms with Gasteiger partial charge in [-0.25, -0.2) is 0 Å². The Morgan fingerprint density at radius 1 is 1.64 bits per heavy atom. The van der Waals surface area contributed by atoms with Gasteiger partial charge in [0.1, 0.15) is 0 Å². The van der Waals surface area contributed by atoms with Crippen LogP contribution in [0.25, 0.3) is 0 Å². The van der Waals surface area contributed by atoms with Gasteiger partial charge in [0.05, 0.1) is 23.5 Å². The first kappa shape index (κ1) is 11.1. The molecule has 0 aliphatic carbocycles. The number of aromatic amines is 1. The van der Waals surface area contributed by atoms with Gasteiger partial charge in [-0.2, -0.15) is 15.4 Å². The zero-order valence-corrected chi connectivity index (χ0v) is 8.95. The highest BCUT2D eigenvalue weighted by Crippen LogP contribution is 2.21. The summed E-state index contributed by atoms with van der Waals surface area (Å²) in [5, 5.41) is 10.2. The largest absolute Gasteiger partial charge is 0.379 e. The van der Waals surface area contributed by atoms with Gasteiger partial charge in [-0.3, -0.25) is 0 Å². The Bertz CT molecular complexity index is 258. The van der Waals surface area contributed by atoms with E-state index in [1.807, 2.05) is 13.8 Å². The van der Waals surface area contributed by atoms with Crippen LogP contribution in [0.15, 0.2) is 6.20 Å². The van der Waals surface area contributed by atoms with Gasteiger partial charge in [-0.15, -0.1) is 0 Å². The zero-order valence-electron chi connectivity index (χ0n) is 8.95. The van der Waals surface area contributed by atoms with Gasteiger partial charge in [0.25, 0.3) is 0 Å². The fourth-order valence-corrected chi connectivity index (χ4v) is 1.14. The third kappa shape index (κ3) is 3.08. The van der Waals surface area contributed by atoms with Gasteiger partial charge >= 0.3 is 0 Å². The Hall–Kier alpha value is -0.940. The summed E-state index contributed by atoms with van der Waals surface area (Å²) in [6, 6.07) is -0.0665. The van der Waals surface area contributed by atoms with Crippen LogP contribution < -0.4 is 5.73 Å². The summed E-state index contributed by atoms with van der Waals surface area (Å²) in [5.41, 5.74) is 6.60. The van der Waals surface area contributed by atoms with Crippen molar-refractivity contribution in [3.63, 3.8) is 0 Å². The maximum atomic E-state index is 5.92. The third-order valence-electron chi connectivity index (χ3n) is 2.42. The van der Waals surface area contributed by atoms with Crippen molar-refractivity contribution in [3.8, 4) is 0 Å². The minimum atomic E-state index is -0.124. The molecule has 0 bridgehead atoms. The van der Waals surface area contributed by atoms with E-state index in [0.29, 0.717) is 0 Å². The average molecular weight is 198 g/mol. The van der Waals surface area contributed by atoms with E-state index in [0.717, 1.165) is 18.5 Å². The second-order valence-electron chi connectivity index (χ2n) is 4.00. The smallest absolute Gasteiger partial charge is 0.0991 e. The molecule has 0 amide bonds. The molecular weight excluding hydrogens is 180 g/mol. The molecule has 0 aliphatic rings. The lowest BCUT2D eigenvalue weighted by molar-refractivity contribution is 0.0124. The Labute approximate surface area is 84.0 Å². The number of nitrogens with zero attached hydrogens (tertiary/aromatic N) is 2. The number of methoxy groups -OCH3 is 1. The maximum absolute atomic E-state index is 5.92. The first-order chi connectivity index (χ1) is 6.55. The summed E-state index contributed by atoms with van der Waals surface area (Å²) in [4.78, 5) is 0. The number of aromatic nitrogens is 3. The Morgan fingerprint density at radius 2 is 2.36 bits per heavy atom. The number of H-pyrrole nitrogens is 1. The second-order valence-corrected chi connectivity index (χ2v) is 4.00.